The molecule has 0 aromatic heterocycles. The van der Waals surface area contributed by atoms with Gasteiger partial charge >= 0.3 is 0 Å². The Morgan fingerprint density at radius 1 is 1.05 bits per heavy atom. The molecule has 2 aliphatic rings. The van der Waals surface area contributed by atoms with Crippen molar-refractivity contribution in [3.05, 3.63) is 0 Å². The molecule has 124 valence electrons. The maximum absolute atomic E-state index is 12.7. The minimum atomic E-state index is -3.21. The van der Waals surface area contributed by atoms with Crippen molar-refractivity contribution in [2.75, 3.05) is 32.7 Å². The van der Waals surface area contributed by atoms with E-state index >= 15 is 0 Å². The zero-order chi connectivity index (χ0) is 15.5. The molecule has 2 fully saturated rings. The summed E-state index contributed by atoms with van der Waals surface area (Å²) < 4.78 is 28.7. The van der Waals surface area contributed by atoms with Gasteiger partial charge in [0, 0.05) is 32.2 Å². The Morgan fingerprint density at radius 3 is 2.14 bits per heavy atom. The number of hydrogen-bond acceptors (Lipinski definition) is 3. The molecule has 1 unspecified atom stereocenters. The van der Waals surface area contributed by atoms with Crippen molar-refractivity contribution >= 4 is 10.2 Å². The molecule has 6 heteroatoms. The van der Waals surface area contributed by atoms with Crippen molar-refractivity contribution < 1.29 is 8.42 Å². The van der Waals surface area contributed by atoms with Crippen molar-refractivity contribution in [1.29, 1.82) is 0 Å². The van der Waals surface area contributed by atoms with E-state index in [4.69, 9.17) is 0 Å². The predicted octanol–water partition coefficient (Wildman–Crippen LogP) is 1.67. The smallest absolute Gasteiger partial charge is 0.281 e. The molecule has 0 bridgehead atoms. The highest BCUT2D eigenvalue weighted by atomic mass is 32.2. The number of nitrogens with zero attached hydrogens (tertiary/aromatic N) is 2. The lowest BCUT2D eigenvalue weighted by Gasteiger charge is -2.34. The summed E-state index contributed by atoms with van der Waals surface area (Å²) >= 11 is 0. The molecule has 2 aliphatic heterocycles. The molecule has 2 heterocycles. The normalized spacial score (nSPS) is 26.8. The fourth-order valence-electron chi connectivity index (χ4n) is 3.25. The summed E-state index contributed by atoms with van der Waals surface area (Å²) in [6.07, 6.45) is 4.05. The predicted molar refractivity (Wildman–Crippen MR) is 86.3 cm³/mol. The van der Waals surface area contributed by atoms with Crippen molar-refractivity contribution in [1.82, 2.24) is 13.9 Å². The Labute approximate surface area is 130 Å². The second-order valence-electron chi connectivity index (χ2n) is 6.83. The van der Waals surface area contributed by atoms with Crippen molar-refractivity contribution in [3.8, 4) is 0 Å². The SMILES string of the molecule is CCC1CCN(S(=O)(=O)N2CCC(CNC(C)C)CC2)C1. The zero-order valence-electron chi connectivity index (χ0n) is 13.7. The average molecular weight is 317 g/mol. The minimum absolute atomic E-state index is 0.502. The molecule has 2 rings (SSSR count). The third-order valence-electron chi connectivity index (χ3n) is 4.87. The molecular formula is C15H31N3O2S. The fourth-order valence-corrected chi connectivity index (χ4v) is 4.98. The van der Waals surface area contributed by atoms with Gasteiger partial charge in [0.1, 0.15) is 0 Å². The first kappa shape index (κ1) is 17.2. The maximum atomic E-state index is 12.7. The summed E-state index contributed by atoms with van der Waals surface area (Å²) in [5.74, 6) is 1.16. The molecule has 21 heavy (non-hydrogen) atoms. The highest BCUT2D eigenvalue weighted by Gasteiger charge is 2.36. The molecule has 0 aromatic carbocycles. The van der Waals surface area contributed by atoms with Crippen LogP contribution < -0.4 is 5.32 Å². The third-order valence-corrected chi connectivity index (χ3v) is 6.87. The maximum Gasteiger partial charge on any atom is 0.281 e. The van der Waals surface area contributed by atoms with Gasteiger partial charge in [-0.25, -0.2) is 0 Å². The monoisotopic (exact) mass is 317 g/mol. The standard InChI is InChI=1S/C15H31N3O2S/c1-4-14-5-10-18(12-14)21(19,20)17-8-6-15(7-9-17)11-16-13(2)3/h13-16H,4-12H2,1-3H3. The van der Waals surface area contributed by atoms with E-state index in [2.05, 4.69) is 26.1 Å². The van der Waals surface area contributed by atoms with Crippen LogP contribution in [0.3, 0.4) is 0 Å². The quantitative estimate of drug-likeness (QED) is 0.811. The van der Waals surface area contributed by atoms with E-state index in [-0.39, 0.29) is 0 Å². The topological polar surface area (TPSA) is 52.7 Å². The number of piperidine rings is 1. The molecular weight excluding hydrogens is 286 g/mol. The van der Waals surface area contributed by atoms with E-state index in [0.717, 1.165) is 32.2 Å². The molecule has 0 aliphatic carbocycles. The van der Waals surface area contributed by atoms with E-state index in [1.165, 1.54) is 0 Å². The first-order chi connectivity index (χ1) is 9.93. The molecule has 1 atom stereocenters. The Bertz CT molecular complexity index is 417. The van der Waals surface area contributed by atoms with Crippen LogP contribution in [0.15, 0.2) is 0 Å². The van der Waals surface area contributed by atoms with Gasteiger partial charge in [-0.2, -0.15) is 17.0 Å². The Kier molecular flexibility index (Phi) is 6.05. The first-order valence-electron chi connectivity index (χ1n) is 8.42. The summed E-state index contributed by atoms with van der Waals surface area (Å²) in [7, 11) is -3.21. The van der Waals surface area contributed by atoms with E-state index in [9.17, 15) is 8.42 Å². The van der Waals surface area contributed by atoms with Crippen LogP contribution in [0.2, 0.25) is 0 Å². The molecule has 0 amide bonds. The van der Waals surface area contributed by atoms with Crippen molar-refractivity contribution in [2.45, 2.75) is 52.5 Å². The van der Waals surface area contributed by atoms with Crippen LogP contribution in [0.4, 0.5) is 0 Å². The van der Waals surface area contributed by atoms with Gasteiger partial charge in [0.05, 0.1) is 0 Å². The van der Waals surface area contributed by atoms with E-state index in [1.807, 2.05) is 0 Å². The van der Waals surface area contributed by atoms with Gasteiger partial charge in [-0.05, 0) is 37.6 Å². The number of hydrogen-bond donors (Lipinski definition) is 1. The molecule has 0 aromatic rings. The van der Waals surface area contributed by atoms with Gasteiger partial charge in [0.25, 0.3) is 10.2 Å². The van der Waals surface area contributed by atoms with Gasteiger partial charge in [-0.3, -0.25) is 0 Å². The van der Waals surface area contributed by atoms with E-state index in [0.29, 0.717) is 44.1 Å². The Balaban J connectivity index is 1.83. The minimum Gasteiger partial charge on any atom is -0.314 e. The lowest BCUT2D eigenvalue weighted by Crippen LogP contribution is -2.47. The second kappa shape index (κ2) is 7.40. The summed E-state index contributed by atoms with van der Waals surface area (Å²) in [6.45, 7) is 10.2. The number of nitrogens with one attached hydrogen (secondary N) is 1. The first-order valence-corrected chi connectivity index (χ1v) is 9.81. The fraction of sp³-hybridized carbons (Fsp3) is 1.00. The molecule has 0 saturated carbocycles. The largest absolute Gasteiger partial charge is 0.314 e. The summed E-state index contributed by atoms with van der Waals surface area (Å²) in [6, 6.07) is 0.502. The summed E-state index contributed by atoms with van der Waals surface area (Å²) in [5, 5.41) is 3.46. The van der Waals surface area contributed by atoms with E-state index in [1.54, 1.807) is 8.61 Å². The lowest BCUT2D eigenvalue weighted by atomic mass is 9.98. The molecule has 0 spiro atoms. The highest BCUT2D eigenvalue weighted by molar-refractivity contribution is 7.86. The van der Waals surface area contributed by atoms with Crippen molar-refractivity contribution in [3.63, 3.8) is 0 Å². The number of rotatable bonds is 6. The van der Waals surface area contributed by atoms with Crippen LogP contribution >= 0.6 is 0 Å². The third kappa shape index (κ3) is 4.41. The average Bonchev–Trinajstić information content (AvgIpc) is 2.95. The zero-order valence-corrected chi connectivity index (χ0v) is 14.5. The molecule has 2 saturated heterocycles. The van der Waals surface area contributed by atoms with Gasteiger partial charge in [0.15, 0.2) is 0 Å². The van der Waals surface area contributed by atoms with Crippen LogP contribution in [-0.4, -0.2) is 55.8 Å². The van der Waals surface area contributed by atoms with Crippen molar-refractivity contribution in [2.24, 2.45) is 11.8 Å². The lowest BCUT2D eigenvalue weighted by molar-refractivity contribution is 0.250. The Hall–Kier alpha value is -0.170. The molecule has 5 nitrogen and oxygen atoms in total. The summed E-state index contributed by atoms with van der Waals surface area (Å²) in [5.41, 5.74) is 0. The van der Waals surface area contributed by atoms with E-state index < -0.39 is 10.2 Å². The van der Waals surface area contributed by atoms with Crippen LogP contribution in [0.25, 0.3) is 0 Å². The Morgan fingerprint density at radius 2 is 1.62 bits per heavy atom. The van der Waals surface area contributed by atoms with Gasteiger partial charge in [-0.1, -0.05) is 27.2 Å². The van der Waals surface area contributed by atoms with Gasteiger partial charge < -0.3 is 5.32 Å². The van der Waals surface area contributed by atoms with Crippen LogP contribution in [0.1, 0.15) is 46.5 Å². The van der Waals surface area contributed by atoms with Crippen LogP contribution in [0.5, 0.6) is 0 Å². The summed E-state index contributed by atoms with van der Waals surface area (Å²) in [4.78, 5) is 0. The highest BCUT2D eigenvalue weighted by Crippen LogP contribution is 2.26. The van der Waals surface area contributed by atoms with Crippen LogP contribution in [0, 0.1) is 11.8 Å². The molecule has 1 N–H and O–H groups in total. The van der Waals surface area contributed by atoms with Crippen LogP contribution in [-0.2, 0) is 10.2 Å². The second-order valence-corrected chi connectivity index (χ2v) is 8.76. The molecule has 0 radical (unpaired) electrons. The van der Waals surface area contributed by atoms with Gasteiger partial charge in [-0.15, -0.1) is 0 Å². The van der Waals surface area contributed by atoms with Gasteiger partial charge in [0.2, 0.25) is 0 Å².